The minimum atomic E-state index is -1.07. The molecule has 15 heavy (non-hydrogen) atoms. The van der Waals surface area contributed by atoms with E-state index in [-0.39, 0.29) is 5.78 Å². The summed E-state index contributed by atoms with van der Waals surface area (Å²) < 4.78 is 0. The molecule has 0 bridgehead atoms. The first-order valence-electron chi connectivity index (χ1n) is 5.55. The number of rotatable bonds is 5. The topological polar surface area (TPSA) is 54.4 Å². The van der Waals surface area contributed by atoms with Gasteiger partial charge < -0.3 is 5.11 Å². The summed E-state index contributed by atoms with van der Waals surface area (Å²) in [6.45, 7) is 2.03. The lowest BCUT2D eigenvalue weighted by atomic mass is 9.80. The molecule has 0 saturated heterocycles. The van der Waals surface area contributed by atoms with Gasteiger partial charge in [0.2, 0.25) is 0 Å². The van der Waals surface area contributed by atoms with Crippen molar-refractivity contribution in [2.45, 2.75) is 45.4 Å². The first-order chi connectivity index (χ1) is 7.13. The van der Waals surface area contributed by atoms with Crippen molar-refractivity contribution in [3.05, 3.63) is 12.2 Å². The van der Waals surface area contributed by atoms with Gasteiger partial charge in [-0.2, -0.15) is 0 Å². The van der Waals surface area contributed by atoms with E-state index >= 15 is 0 Å². The van der Waals surface area contributed by atoms with Crippen LogP contribution in [-0.4, -0.2) is 16.9 Å². The maximum atomic E-state index is 11.6. The number of carboxylic acid groups (broad SMARTS) is 1. The summed E-state index contributed by atoms with van der Waals surface area (Å²) in [4.78, 5) is 22.7. The molecule has 1 aliphatic carbocycles. The highest BCUT2D eigenvalue weighted by Crippen LogP contribution is 2.39. The maximum absolute atomic E-state index is 11.6. The molecule has 0 radical (unpaired) electrons. The summed E-state index contributed by atoms with van der Waals surface area (Å²) in [5.74, 6) is -1.02. The number of carbonyl (C=O) groups excluding carboxylic acids is 1. The van der Waals surface area contributed by atoms with Crippen LogP contribution < -0.4 is 0 Å². The molecule has 0 spiro atoms. The van der Waals surface area contributed by atoms with Crippen LogP contribution in [0.4, 0.5) is 0 Å². The number of Topliss-reactive ketones (excluding diaryl/α,β-unsaturated/α-hetero) is 1. The Morgan fingerprint density at radius 3 is 2.73 bits per heavy atom. The van der Waals surface area contributed by atoms with E-state index in [9.17, 15) is 9.59 Å². The molecule has 0 aromatic heterocycles. The minimum absolute atomic E-state index is 0.0834. The Hall–Kier alpha value is -1.12. The van der Waals surface area contributed by atoms with E-state index in [0.29, 0.717) is 25.7 Å². The normalized spacial score (nSPS) is 26.3. The Morgan fingerprint density at radius 1 is 1.53 bits per heavy atom. The Kier molecular flexibility index (Phi) is 4.06. The molecule has 1 fully saturated rings. The third kappa shape index (κ3) is 2.46. The van der Waals surface area contributed by atoms with Crippen LogP contribution in [-0.2, 0) is 9.59 Å². The molecule has 1 atom stereocenters. The van der Waals surface area contributed by atoms with E-state index in [1.165, 1.54) is 0 Å². The molecule has 3 nitrogen and oxygen atoms in total. The predicted octanol–water partition coefficient (Wildman–Crippen LogP) is 2.56. The van der Waals surface area contributed by atoms with Crippen LogP contribution in [0.5, 0.6) is 0 Å². The van der Waals surface area contributed by atoms with Crippen LogP contribution in [0.3, 0.4) is 0 Å². The lowest BCUT2D eigenvalue weighted by Crippen LogP contribution is -2.34. The predicted molar refractivity (Wildman–Crippen MR) is 57.6 cm³/mol. The van der Waals surface area contributed by atoms with Gasteiger partial charge in [0.25, 0.3) is 0 Å². The Morgan fingerprint density at radius 2 is 2.27 bits per heavy atom. The number of allylic oxidation sites excluding steroid dienone is 2. The van der Waals surface area contributed by atoms with Gasteiger partial charge in [-0.3, -0.25) is 9.59 Å². The summed E-state index contributed by atoms with van der Waals surface area (Å²) in [5, 5.41) is 9.15. The molecule has 3 heteroatoms. The second-order valence-electron chi connectivity index (χ2n) is 4.08. The third-order valence-corrected chi connectivity index (χ3v) is 3.09. The number of aliphatic carboxylic acids is 1. The lowest BCUT2D eigenvalue weighted by Gasteiger charge is -2.20. The maximum Gasteiger partial charge on any atom is 0.317 e. The van der Waals surface area contributed by atoms with E-state index in [1.807, 2.05) is 19.1 Å². The molecular weight excluding hydrogens is 192 g/mol. The average Bonchev–Trinajstić information content (AvgIpc) is 2.56. The zero-order valence-electron chi connectivity index (χ0n) is 9.16. The van der Waals surface area contributed by atoms with Crippen LogP contribution in [0, 0.1) is 5.41 Å². The van der Waals surface area contributed by atoms with Crippen molar-refractivity contribution in [1.29, 1.82) is 0 Å². The lowest BCUT2D eigenvalue weighted by molar-refractivity contribution is -0.153. The van der Waals surface area contributed by atoms with E-state index in [1.54, 1.807) is 0 Å². The SMILES string of the molecule is CC/C=C/CCC1(C(=O)O)CCCC1=O. The molecule has 0 aromatic rings. The highest BCUT2D eigenvalue weighted by atomic mass is 16.4. The summed E-state index contributed by atoms with van der Waals surface area (Å²) in [5.41, 5.74) is -1.07. The van der Waals surface area contributed by atoms with Crippen molar-refractivity contribution >= 4 is 11.8 Å². The van der Waals surface area contributed by atoms with Gasteiger partial charge in [-0.05, 0) is 32.1 Å². The van der Waals surface area contributed by atoms with Gasteiger partial charge in [-0.25, -0.2) is 0 Å². The fourth-order valence-electron chi connectivity index (χ4n) is 2.14. The van der Waals surface area contributed by atoms with E-state index in [0.717, 1.165) is 12.8 Å². The van der Waals surface area contributed by atoms with Crippen LogP contribution >= 0.6 is 0 Å². The average molecular weight is 210 g/mol. The standard InChI is InChI=1S/C12H18O3/c1-2-3-4-5-8-12(11(14)15)9-6-7-10(12)13/h3-4H,2,5-9H2,1H3,(H,14,15)/b4-3+. The first kappa shape index (κ1) is 12.0. The number of hydrogen-bond donors (Lipinski definition) is 1. The number of ketones is 1. The van der Waals surface area contributed by atoms with E-state index < -0.39 is 11.4 Å². The van der Waals surface area contributed by atoms with Crippen molar-refractivity contribution in [2.75, 3.05) is 0 Å². The molecule has 0 aromatic carbocycles. The van der Waals surface area contributed by atoms with Crippen LogP contribution in [0.25, 0.3) is 0 Å². The van der Waals surface area contributed by atoms with Crippen LogP contribution in [0.1, 0.15) is 45.4 Å². The molecule has 0 aliphatic heterocycles. The fraction of sp³-hybridized carbons (Fsp3) is 0.667. The summed E-state index contributed by atoms with van der Waals surface area (Å²) in [7, 11) is 0. The molecule has 1 saturated carbocycles. The number of carboxylic acids is 1. The molecular formula is C12H18O3. The zero-order valence-corrected chi connectivity index (χ0v) is 9.16. The number of hydrogen-bond acceptors (Lipinski definition) is 2. The Bertz CT molecular complexity index is 281. The number of carbonyl (C=O) groups is 2. The zero-order chi connectivity index (χ0) is 11.3. The third-order valence-electron chi connectivity index (χ3n) is 3.09. The van der Waals surface area contributed by atoms with Gasteiger partial charge in [-0.1, -0.05) is 19.1 Å². The first-order valence-corrected chi connectivity index (χ1v) is 5.55. The minimum Gasteiger partial charge on any atom is -0.480 e. The van der Waals surface area contributed by atoms with Gasteiger partial charge in [-0.15, -0.1) is 0 Å². The van der Waals surface area contributed by atoms with Gasteiger partial charge >= 0.3 is 5.97 Å². The molecule has 1 aliphatic rings. The monoisotopic (exact) mass is 210 g/mol. The molecule has 1 unspecified atom stereocenters. The fourth-order valence-corrected chi connectivity index (χ4v) is 2.14. The molecule has 1 N–H and O–H groups in total. The Labute approximate surface area is 90.2 Å². The van der Waals surface area contributed by atoms with Gasteiger partial charge in [0.15, 0.2) is 0 Å². The molecule has 1 rings (SSSR count). The quantitative estimate of drug-likeness (QED) is 0.560. The summed E-state index contributed by atoms with van der Waals surface area (Å²) in [6, 6.07) is 0. The van der Waals surface area contributed by atoms with Crippen molar-refractivity contribution in [2.24, 2.45) is 5.41 Å². The van der Waals surface area contributed by atoms with Gasteiger partial charge in [0, 0.05) is 6.42 Å². The van der Waals surface area contributed by atoms with Crippen LogP contribution in [0.2, 0.25) is 0 Å². The van der Waals surface area contributed by atoms with Crippen molar-refractivity contribution in [3.63, 3.8) is 0 Å². The van der Waals surface area contributed by atoms with Crippen molar-refractivity contribution < 1.29 is 14.7 Å². The second-order valence-corrected chi connectivity index (χ2v) is 4.08. The second kappa shape index (κ2) is 5.10. The molecule has 0 heterocycles. The Balaban J connectivity index is 2.63. The summed E-state index contributed by atoms with van der Waals surface area (Å²) in [6.07, 6.45) is 7.75. The van der Waals surface area contributed by atoms with Crippen molar-refractivity contribution in [1.82, 2.24) is 0 Å². The molecule has 0 amide bonds. The summed E-state index contributed by atoms with van der Waals surface area (Å²) >= 11 is 0. The van der Waals surface area contributed by atoms with E-state index in [2.05, 4.69) is 0 Å². The van der Waals surface area contributed by atoms with Gasteiger partial charge in [0.1, 0.15) is 11.2 Å². The van der Waals surface area contributed by atoms with Crippen molar-refractivity contribution in [3.8, 4) is 0 Å². The van der Waals surface area contributed by atoms with Crippen LogP contribution in [0.15, 0.2) is 12.2 Å². The van der Waals surface area contributed by atoms with E-state index in [4.69, 9.17) is 5.11 Å². The smallest absolute Gasteiger partial charge is 0.317 e. The van der Waals surface area contributed by atoms with Gasteiger partial charge in [0.05, 0.1) is 0 Å². The largest absolute Gasteiger partial charge is 0.480 e. The highest BCUT2D eigenvalue weighted by molar-refractivity contribution is 6.04. The molecule has 84 valence electrons. The highest BCUT2D eigenvalue weighted by Gasteiger charge is 2.47.